The van der Waals surface area contributed by atoms with Crippen LogP contribution in [0.1, 0.15) is 30.6 Å². The van der Waals surface area contributed by atoms with Gasteiger partial charge in [-0.15, -0.1) is 0 Å². The fraction of sp³-hybridized carbons (Fsp3) is 0.538. The van der Waals surface area contributed by atoms with E-state index in [2.05, 4.69) is 15.6 Å². The second-order valence-corrected chi connectivity index (χ2v) is 6.98. The van der Waals surface area contributed by atoms with Crippen LogP contribution in [-0.2, 0) is 9.84 Å². The van der Waals surface area contributed by atoms with Gasteiger partial charge in [0.2, 0.25) is 0 Å². The number of pyridine rings is 1. The molecule has 2 N–H and O–H groups in total. The number of hydrogen-bond acceptors (Lipinski definition) is 5. The van der Waals surface area contributed by atoms with Gasteiger partial charge in [0.1, 0.15) is 15.7 Å². The zero-order valence-corrected chi connectivity index (χ0v) is 12.8. The zero-order valence-electron chi connectivity index (χ0n) is 12.0. The first-order valence-corrected chi connectivity index (χ1v) is 8.57. The Morgan fingerprint density at radius 1 is 1.45 bits per heavy atom. The lowest BCUT2D eigenvalue weighted by molar-refractivity contribution is 0.0944. The Labute approximate surface area is 119 Å². The number of hydrogen-bond donors (Lipinski definition) is 2. The molecule has 0 bridgehead atoms. The van der Waals surface area contributed by atoms with Crippen molar-refractivity contribution in [2.45, 2.75) is 26.3 Å². The van der Waals surface area contributed by atoms with E-state index in [0.717, 1.165) is 19.2 Å². The molecule has 1 rings (SSSR count). The Morgan fingerprint density at radius 3 is 2.75 bits per heavy atom. The molecular formula is C13H21N3O3S. The molecule has 1 atom stereocenters. The molecule has 0 saturated carbocycles. The lowest BCUT2D eigenvalue weighted by Gasteiger charge is -2.14. The van der Waals surface area contributed by atoms with Crippen molar-refractivity contribution >= 4 is 21.6 Å². The molecule has 0 aliphatic heterocycles. The summed E-state index contributed by atoms with van der Waals surface area (Å²) in [5, 5.41) is 5.75. The van der Waals surface area contributed by atoms with E-state index in [1.54, 1.807) is 25.3 Å². The molecule has 1 heterocycles. The molecule has 0 aromatic carbocycles. The second kappa shape index (κ2) is 7.23. The van der Waals surface area contributed by atoms with Crippen LogP contribution in [0.4, 0.5) is 5.82 Å². The average Bonchev–Trinajstić information content (AvgIpc) is 2.34. The summed E-state index contributed by atoms with van der Waals surface area (Å²) in [5.74, 6) is 0.0998. The molecular weight excluding hydrogens is 278 g/mol. The minimum absolute atomic E-state index is 0.0866. The largest absolute Gasteiger partial charge is 0.369 e. The summed E-state index contributed by atoms with van der Waals surface area (Å²) in [7, 11) is -3.12. The topological polar surface area (TPSA) is 88.2 Å². The maximum Gasteiger partial charge on any atom is 0.255 e. The van der Waals surface area contributed by atoms with Crippen LogP contribution in [0.5, 0.6) is 0 Å². The summed E-state index contributed by atoms with van der Waals surface area (Å²) >= 11 is 0. The molecule has 0 radical (unpaired) electrons. The van der Waals surface area contributed by atoms with Crippen LogP contribution in [0, 0.1) is 0 Å². The third-order valence-electron chi connectivity index (χ3n) is 2.53. The van der Waals surface area contributed by atoms with Gasteiger partial charge in [-0.25, -0.2) is 13.4 Å². The van der Waals surface area contributed by atoms with E-state index >= 15 is 0 Å². The van der Waals surface area contributed by atoms with E-state index in [1.807, 2.05) is 6.92 Å². The summed E-state index contributed by atoms with van der Waals surface area (Å²) in [6.45, 7) is 4.40. The molecule has 0 spiro atoms. The summed E-state index contributed by atoms with van der Waals surface area (Å²) in [6, 6.07) is 2.89. The van der Waals surface area contributed by atoms with E-state index in [9.17, 15) is 13.2 Å². The quantitative estimate of drug-likeness (QED) is 0.786. The number of nitrogens with zero attached hydrogens (tertiary/aromatic N) is 1. The lowest BCUT2D eigenvalue weighted by Crippen LogP contribution is -2.37. The molecule has 6 nitrogen and oxygen atoms in total. The van der Waals surface area contributed by atoms with Gasteiger partial charge in [-0.2, -0.15) is 0 Å². The van der Waals surface area contributed by atoms with Crippen LogP contribution in [0.15, 0.2) is 18.3 Å². The monoisotopic (exact) mass is 299 g/mol. The SMILES string of the molecule is CCCNc1ncccc1C(=O)NC(C)CS(C)(=O)=O. The van der Waals surface area contributed by atoms with Crippen molar-refractivity contribution in [3.63, 3.8) is 0 Å². The van der Waals surface area contributed by atoms with Crippen LogP contribution in [0.25, 0.3) is 0 Å². The highest BCUT2D eigenvalue weighted by atomic mass is 32.2. The second-order valence-electron chi connectivity index (χ2n) is 4.79. The van der Waals surface area contributed by atoms with E-state index in [-0.39, 0.29) is 11.7 Å². The first-order chi connectivity index (χ1) is 9.33. The number of aromatic nitrogens is 1. The van der Waals surface area contributed by atoms with Gasteiger partial charge in [-0.3, -0.25) is 4.79 Å². The first-order valence-electron chi connectivity index (χ1n) is 6.51. The Kier molecular flexibility index (Phi) is 5.94. The molecule has 7 heteroatoms. The number of amides is 1. The number of carbonyl (C=O) groups is 1. The van der Waals surface area contributed by atoms with Crippen molar-refractivity contribution in [2.75, 3.05) is 23.9 Å². The van der Waals surface area contributed by atoms with Gasteiger partial charge in [0.25, 0.3) is 5.91 Å². The molecule has 1 unspecified atom stereocenters. The van der Waals surface area contributed by atoms with Crippen LogP contribution >= 0.6 is 0 Å². The smallest absolute Gasteiger partial charge is 0.255 e. The van der Waals surface area contributed by atoms with Crippen molar-refractivity contribution in [1.29, 1.82) is 0 Å². The highest BCUT2D eigenvalue weighted by Gasteiger charge is 2.17. The molecule has 20 heavy (non-hydrogen) atoms. The maximum atomic E-state index is 12.1. The van der Waals surface area contributed by atoms with Crippen LogP contribution in [0.3, 0.4) is 0 Å². The van der Waals surface area contributed by atoms with Crippen molar-refractivity contribution in [2.24, 2.45) is 0 Å². The van der Waals surface area contributed by atoms with E-state index in [4.69, 9.17) is 0 Å². The Morgan fingerprint density at radius 2 is 2.15 bits per heavy atom. The van der Waals surface area contributed by atoms with E-state index in [1.165, 1.54) is 0 Å². The van der Waals surface area contributed by atoms with Crippen LogP contribution in [-0.4, -0.2) is 43.9 Å². The third-order valence-corrected chi connectivity index (χ3v) is 3.63. The van der Waals surface area contributed by atoms with Gasteiger partial charge in [0.15, 0.2) is 0 Å². The predicted octanol–water partition coefficient (Wildman–Crippen LogP) is 1.07. The Bertz CT molecular complexity index is 558. The normalized spacial score (nSPS) is 12.8. The lowest BCUT2D eigenvalue weighted by atomic mass is 10.2. The van der Waals surface area contributed by atoms with Crippen LogP contribution < -0.4 is 10.6 Å². The maximum absolute atomic E-state index is 12.1. The Balaban J connectivity index is 2.77. The van der Waals surface area contributed by atoms with Gasteiger partial charge < -0.3 is 10.6 Å². The van der Waals surface area contributed by atoms with Gasteiger partial charge in [0, 0.05) is 25.0 Å². The molecule has 0 fully saturated rings. The average molecular weight is 299 g/mol. The third kappa shape index (κ3) is 5.56. The fourth-order valence-electron chi connectivity index (χ4n) is 1.77. The summed E-state index contributed by atoms with van der Waals surface area (Å²) in [6.07, 6.45) is 3.67. The molecule has 112 valence electrons. The van der Waals surface area contributed by atoms with Crippen molar-refractivity contribution < 1.29 is 13.2 Å². The minimum atomic E-state index is -3.12. The minimum Gasteiger partial charge on any atom is -0.369 e. The van der Waals surface area contributed by atoms with E-state index in [0.29, 0.717) is 11.4 Å². The molecule has 1 aromatic rings. The molecule has 0 aliphatic carbocycles. The number of anilines is 1. The first kappa shape index (κ1) is 16.4. The number of sulfone groups is 1. The number of carbonyl (C=O) groups excluding carboxylic acids is 1. The van der Waals surface area contributed by atoms with Gasteiger partial charge >= 0.3 is 0 Å². The van der Waals surface area contributed by atoms with Gasteiger partial charge in [-0.1, -0.05) is 6.92 Å². The summed E-state index contributed by atoms with van der Waals surface area (Å²) in [4.78, 5) is 16.3. The zero-order chi connectivity index (χ0) is 15.2. The Hall–Kier alpha value is -1.63. The molecule has 1 amide bonds. The molecule has 1 aromatic heterocycles. The van der Waals surface area contributed by atoms with Crippen molar-refractivity contribution in [3.05, 3.63) is 23.9 Å². The van der Waals surface area contributed by atoms with Gasteiger partial charge in [0.05, 0.1) is 11.3 Å². The highest BCUT2D eigenvalue weighted by Crippen LogP contribution is 2.11. The molecule has 0 aliphatic rings. The summed E-state index contributed by atoms with van der Waals surface area (Å²) < 4.78 is 22.4. The van der Waals surface area contributed by atoms with E-state index < -0.39 is 15.9 Å². The fourth-order valence-corrected chi connectivity index (χ4v) is 2.76. The van der Waals surface area contributed by atoms with Gasteiger partial charge in [-0.05, 0) is 25.5 Å². The van der Waals surface area contributed by atoms with Crippen molar-refractivity contribution in [3.8, 4) is 0 Å². The number of rotatable bonds is 7. The van der Waals surface area contributed by atoms with Crippen molar-refractivity contribution in [1.82, 2.24) is 10.3 Å². The predicted molar refractivity (Wildman–Crippen MR) is 79.7 cm³/mol. The summed E-state index contributed by atoms with van der Waals surface area (Å²) in [5.41, 5.74) is 0.418. The number of nitrogens with one attached hydrogen (secondary N) is 2. The van der Waals surface area contributed by atoms with Crippen LogP contribution in [0.2, 0.25) is 0 Å². The molecule has 0 saturated heterocycles. The standard InChI is InChI=1S/C13H21N3O3S/c1-4-7-14-12-11(6-5-8-15-12)13(17)16-10(2)9-20(3,18)19/h5-6,8,10H,4,7,9H2,1-3H3,(H,14,15)(H,16,17). The highest BCUT2D eigenvalue weighted by molar-refractivity contribution is 7.90.